The van der Waals surface area contributed by atoms with E-state index in [2.05, 4.69) is 9.47 Å². The molecule has 1 aliphatic heterocycles. The van der Waals surface area contributed by atoms with Crippen LogP contribution in [-0.4, -0.2) is 66.6 Å². The van der Waals surface area contributed by atoms with E-state index in [0.717, 1.165) is 18.5 Å². The van der Waals surface area contributed by atoms with E-state index in [1.54, 1.807) is 42.4 Å². The fraction of sp³-hybridized carbons (Fsp3) is 0.467. The summed E-state index contributed by atoms with van der Waals surface area (Å²) in [7, 11) is 0. The van der Waals surface area contributed by atoms with Gasteiger partial charge in [0.25, 0.3) is 0 Å². The van der Waals surface area contributed by atoms with E-state index in [1.807, 2.05) is 39.8 Å². The molecule has 4 aromatic heterocycles. The van der Waals surface area contributed by atoms with Gasteiger partial charge in [-0.1, -0.05) is 0 Å². The molecule has 0 N–H and O–H groups in total. The first kappa shape index (κ1) is 30.2. The Hall–Kier alpha value is -4.26. The van der Waals surface area contributed by atoms with Crippen LogP contribution in [0.4, 0.5) is 20.4 Å². The number of carbonyl (C=O) groups is 3. The Kier molecular flexibility index (Phi) is 8.03. The van der Waals surface area contributed by atoms with Crippen LogP contribution in [0.2, 0.25) is 0 Å². The number of carbonyl (C=O) groups excluding carboxylic acids is 3. The highest BCUT2D eigenvalue weighted by molar-refractivity contribution is 7.10. The average molecular weight is 609 g/mol. The third kappa shape index (κ3) is 6.71. The largest absolute Gasteiger partial charge is 0.461 e. The standard InChI is InChI=1S/C30H36N6O6S/c1-18-11-25(43-33-18)35(28(39)42-30(5,6)7)24-13-23(19-9-8-10-34(15-19)27(38)41-29(2,3)4)32-26-22(14-31-36(24)26)20-12-21(16-37)40-17-20/h11-14,16-17,19H,8-10,15H2,1-7H3. The predicted molar refractivity (Wildman–Crippen MR) is 161 cm³/mol. The van der Waals surface area contributed by atoms with Crippen LogP contribution in [0.15, 0.2) is 35.1 Å². The molecule has 1 aliphatic rings. The van der Waals surface area contributed by atoms with Crippen LogP contribution in [0.5, 0.6) is 0 Å². The van der Waals surface area contributed by atoms with Gasteiger partial charge in [-0.05, 0) is 85.0 Å². The van der Waals surface area contributed by atoms with Crippen LogP contribution in [0.25, 0.3) is 16.8 Å². The van der Waals surface area contributed by atoms with Gasteiger partial charge in [0, 0.05) is 36.2 Å². The topological polar surface area (TPSA) is 132 Å². The van der Waals surface area contributed by atoms with Crippen LogP contribution in [0.1, 0.15) is 82.2 Å². The van der Waals surface area contributed by atoms with Gasteiger partial charge in [0.15, 0.2) is 17.7 Å². The van der Waals surface area contributed by atoms with Gasteiger partial charge < -0.3 is 18.8 Å². The zero-order valence-electron chi connectivity index (χ0n) is 25.4. The summed E-state index contributed by atoms with van der Waals surface area (Å²) in [4.78, 5) is 46.3. The molecule has 5 heterocycles. The molecule has 1 atom stereocenters. The SMILES string of the molecule is Cc1cc(N(C(=O)OC(C)(C)C)c2cc(C3CCCN(C(=O)OC(C)(C)C)C3)nc3c(-c4coc(C=O)c4)cnn23)sn1. The number of anilines is 2. The third-order valence-electron chi connectivity index (χ3n) is 6.65. The fourth-order valence-electron chi connectivity index (χ4n) is 4.86. The first-order valence-corrected chi connectivity index (χ1v) is 14.9. The highest BCUT2D eigenvalue weighted by atomic mass is 32.1. The minimum Gasteiger partial charge on any atom is -0.461 e. The van der Waals surface area contributed by atoms with E-state index in [1.165, 1.54) is 22.7 Å². The quantitative estimate of drug-likeness (QED) is 0.226. The van der Waals surface area contributed by atoms with E-state index in [4.69, 9.17) is 18.9 Å². The third-order valence-corrected chi connectivity index (χ3v) is 7.52. The summed E-state index contributed by atoms with van der Waals surface area (Å²) in [5.41, 5.74) is 1.72. The van der Waals surface area contributed by atoms with Crippen LogP contribution in [-0.2, 0) is 9.47 Å². The van der Waals surface area contributed by atoms with Crippen LogP contribution in [0.3, 0.4) is 0 Å². The summed E-state index contributed by atoms with van der Waals surface area (Å²) < 4.78 is 22.8. The molecule has 0 bridgehead atoms. The van der Waals surface area contributed by atoms with Crippen molar-refractivity contribution in [2.45, 2.75) is 78.4 Å². The molecular formula is C30H36N6O6S. The number of fused-ring (bicyclic) bond motifs is 1. The lowest BCUT2D eigenvalue weighted by Gasteiger charge is -2.34. The smallest absolute Gasteiger partial charge is 0.421 e. The molecule has 43 heavy (non-hydrogen) atoms. The molecule has 2 amide bonds. The first-order chi connectivity index (χ1) is 20.2. The van der Waals surface area contributed by atoms with Crippen molar-refractivity contribution in [3.63, 3.8) is 0 Å². The normalized spacial score (nSPS) is 15.9. The Labute approximate surface area is 253 Å². The van der Waals surface area contributed by atoms with Crippen molar-refractivity contribution in [1.29, 1.82) is 0 Å². The second-order valence-electron chi connectivity index (χ2n) is 12.6. The number of likely N-dealkylation sites (tertiary alicyclic amines) is 1. The molecule has 4 aromatic rings. The number of aldehydes is 1. The van der Waals surface area contributed by atoms with Crippen molar-refractivity contribution in [1.82, 2.24) is 23.9 Å². The summed E-state index contributed by atoms with van der Waals surface area (Å²) in [6.07, 6.45) is 4.27. The molecule has 1 fully saturated rings. The second-order valence-corrected chi connectivity index (χ2v) is 13.4. The number of hydrogen-bond donors (Lipinski definition) is 0. The van der Waals surface area contributed by atoms with Gasteiger partial charge in [-0.3, -0.25) is 4.79 Å². The van der Waals surface area contributed by atoms with Gasteiger partial charge in [0.05, 0.1) is 23.8 Å². The minimum absolute atomic E-state index is 0.147. The summed E-state index contributed by atoms with van der Waals surface area (Å²) >= 11 is 1.17. The van der Waals surface area contributed by atoms with Crippen LogP contribution < -0.4 is 4.90 Å². The molecular weight excluding hydrogens is 572 g/mol. The molecule has 1 saturated heterocycles. The van der Waals surface area contributed by atoms with Gasteiger partial charge in [-0.2, -0.15) is 14.0 Å². The molecule has 0 radical (unpaired) electrons. The van der Waals surface area contributed by atoms with Gasteiger partial charge in [-0.15, -0.1) is 0 Å². The predicted octanol–water partition coefficient (Wildman–Crippen LogP) is 6.75. The number of aryl methyl sites for hydroxylation is 1. The molecule has 12 nitrogen and oxygen atoms in total. The van der Waals surface area contributed by atoms with Crippen molar-refractivity contribution in [2.24, 2.45) is 0 Å². The molecule has 0 spiro atoms. The zero-order valence-corrected chi connectivity index (χ0v) is 26.2. The highest BCUT2D eigenvalue weighted by Crippen LogP contribution is 2.37. The van der Waals surface area contributed by atoms with Crippen molar-refractivity contribution >= 4 is 46.5 Å². The Morgan fingerprint density at radius 2 is 1.86 bits per heavy atom. The number of amides is 2. The Morgan fingerprint density at radius 3 is 2.49 bits per heavy atom. The summed E-state index contributed by atoms with van der Waals surface area (Å²) in [6, 6.07) is 5.24. The van der Waals surface area contributed by atoms with Gasteiger partial charge in [-0.25, -0.2) is 19.5 Å². The molecule has 228 valence electrons. The van der Waals surface area contributed by atoms with Crippen molar-refractivity contribution < 1.29 is 28.3 Å². The lowest BCUT2D eigenvalue weighted by molar-refractivity contribution is 0.0197. The summed E-state index contributed by atoms with van der Waals surface area (Å²) in [5.74, 6) is 0.422. The summed E-state index contributed by atoms with van der Waals surface area (Å²) in [5, 5.41) is 5.16. The van der Waals surface area contributed by atoms with Crippen molar-refractivity contribution in [3.8, 4) is 11.1 Å². The van der Waals surface area contributed by atoms with Crippen molar-refractivity contribution in [3.05, 3.63) is 47.8 Å². The number of nitrogens with zero attached hydrogens (tertiary/aromatic N) is 6. The fourth-order valence-corrected chi connectivity index (χ4v) is 5.63. The number of ether oxygens (including phenoxy) is 2. The maximum Gasteiger partial charge on any atom is 0.421 e. The lowest BCUT2D eigenvalue weighted by atomic mass is 9.94. The zero-order chi connectivity index (χ0) is 31.1. The maximum absolute atomic E-state index is 13.8. The molecule has 0 aliphatic carbocycles. The maximum atomic E-state index is 13.8. The molecule has 5 rings (SSSR count). The van der Waals surface area contributed by atoms with Crippen LogP contribution in [0, 0.1) is 6.92 Å². The second kappa shape index (κ2) is 11.4. The number of furan rings is 1. The first-order valence-electron chi connectivity index (χ1n) is 14.1. The molecule has 13 heteroatoms. The number of aromatic nitrogens is 4. The monoisotopic (exact) mass is 608 g/mol. The minimum atomic E-state index is -0.765. The highest BCUT2D eigenvalue weighted by Gasteiger charge is 2.33. The molecule has 1 unspecified atom stereocenters. The Morgan fingerprint density at radius 1 is 1.12 bits per heavy atom. The number of hydrogen-bond acceptors (Lipinski definition) is 10. The van der Waals surface area contributed by atoms with Crippen molar-refractivity contribution in [2.75, 3.05) is 18.0 Å². The van der Waals surface area contributed by atoms with Gasteiger partial charge in [0.2, 0.25) is 0 Å². The van der Waals surface area contributed by atoms with Gasteiger partial charge in [0.1, 0.15) is 22.0 Å². The number of rotatable bonds is 5. The average Bonchev–Trinajstić information content (AvgIpc) is 3.66. The van der Waals surface area contributed by atoms with Crippen LogP contribution >= 0.6 is 11.5 Å². The Bertz CT molecular complexity index is 1660. The van der Waals surface area contributed by atoms with E-state index < -0.39 is 17.3 Å². The number of piperidine rings is 1. The van der Waals surface area contributed by atoms with Gasteiger partial charge >= 0.3 is 12.2 Å². The molecule has 0 aromatic carbocycles. The molecule has 0 saturated carbocycles. The summed E-state index contributed by atoms with van der Waals surface area (Å²) in [6.45, 7) is 13.8. The Balaban J connectivity index is 1.66. The van der Waals surface area contributed by atoms with E-state index in [-0.39, 0.29) is 17.8 Å². The van der Waals surface area contributed by atoms with E-state index in [9.17, 15) is 14.4 Å². The van der Waals surface area contributed by atoms with E-state index >= 15 is 0 Å². The van der Waals surface area contributed by atoms with E-state index in [0.29, 0.717) is 52.7 Å². The lowest BCUT2D eigenvalue weighted by Crippen LogP contribution is -2.42.